The third-order valence-corrected chi connectivity index (χ3v) is 6.92. The van der Waals surface area contributed by atoms with Gasteiger partial charge < -0.3 is 10.2 Å². The van der Waals surface area contributed by atoms with Gasteiger partial charge in [-0.05, 0) is 56.9 Å². The number of hydrogen-bond acceptors (Lipinski definition) is 3. The molecule has 1 atom stereocenters. The first-order chi connectivity index (χ1) is 17.1. The molecule has 3 aromatic carbocycles. The molecule has 0 fully saturated rings. The van der Waals surface area contributed by atoms with Crippen LogP contribution in [0.15, 0.2) is 78.9 Å². The average molecular weight is 503 g/mol. The molecule has 3 rings (SSSR count). The molecule has 0 unspecified atom stereocenters. The van der Waals surface area contributed by atoms with Gasteiger partial charge in [-0.25, -0.2) is 0 Å². The van der Waals surface area contributed by atoms with Crippen LogP contribution in [-0.4, -0.2) is 34.0 Å². The third kappa shape index (κ3) is 8.56. The fraction of sp³-hybridized carbons (Fsp3) is 0.355. The van der Waals surface area contributed by atoms with E-state index < -0.39 is 11.6 Å². The quantitative estimate of drug-likeness (QED) is 0.365. The predicted octanol–water partition coefficient (Wildman–Crippen LogP) is 6.09. The molecule has 2 amide bonds. The Hall–Kier alpha value is -3.05. The second kappa shape index (κ2) is 12.8. The van der Waals surface area contributed by atoms with E-state index in [1.807, 2.05) is 88.4 Å². The van der Waals surface area contributed by atoms with E-state index in [9.17, 15) is 9.59 Å². The lowest BCUT2D eigenvalue weighted by Gasteiger charge is -2.34. The summed E-state index contributed by atoms with van der Waals surface area (Å²) in [6.07, 6.45) is 0.461. The number of carbonyl (C=O) groups is 2. The Morgan fingerprint density at radius 2 is 1.56 bits per heavy atom. The van der Waals surface area contributed by atoms with Gasteiger partial charge in [0.2, 0.25) is 11.8 Å². The van der Waals surface area contributed by atoms with E-state index in [-0.39, 0.29) is 11.8 Å². The minimum absolute atomic E-state index is 0.0277. The van der Waals surface area contributed by atoms with Gasteiger partial charge in [-0.3, -0.25) is 9.59 Å². The number of aryl methyl sites for hydroxylation is 2. The summed E-state index contributed by atoms with van der Waals surface area (Å²) in [6, 6.07) is 25.7. The van der Waals surface area contributed by atoms with Crippen molar-refractivity contribution in [3.63, 3.8) is 0 Å². The van der Waals surface area contributed by atoms with E-state index in [1.54, 1.807) is 16.7 Å². The molecule has 0 heterocycles. The molecular formula is C31H38N2O2S. The Morgan fingerprint density at radius 3 is 2.22 bits per heavy atom. The molecule has 0 bridgehead atoms. The molecule has 1 N–H and O–H groups in total. The summed E-state index contributed by atoms with van der Waals surface area (Å²) in [6.45, 7) is 10.4. The molecule has 4 nitrogen and oxygen atoms in total. The van der Waals surface area contributed by atoms with Gasteiger partial charge >= 0.3 is 0 Å². The maximum atomic E-state index is 13.7. The number of nitrogens with one attached hydrogen (secondary N) is 1. The first kappa shape index (κ1) is 27.5. The lowest BCUT2D eigenvalue weighted by molar-refractivity contribution is -0.140. The van der Waals surface area contributed by atoms with Crippen LogP contribution >= 0.6 is 11.8 Å². The van der Waals surface area contributed by atoms with E-state index in [2.05, 4.69) is 30.4 Å². The van der Waals surface area contributed by atoms with Crippen molar-refractivity contribution in [2.45, 2.75) is 64.9 Å². The number of carbonyl (C=O) groups excluding carboxylic acids is 2. The highest BCUT2D eigenvalue weighted by molar-refractivity contribution is 7.99. The van der Waals surface area contributed by atoms with Crippen molar-refractivity contribution in [1.82, 2.24) is 10.2 Å². The van der Waals surface area contributed by atoms with Crippen molar-refractivity contribution in [3.05, 3.63) is 107 Å². The third-order valence-electron chi connectivity index (χ3n) is 5.95. The maximum Gasteiger partial charge on any atom is 0.243 e. The van der Waals surface area contributed by atoms with Crippen molar-refractivity contribution < 1.29 is 9.59 Å². The van der Waals surface area contributed by atoms with Crippen molar-refractivity contribution >= 4 is 23.6 Å². The first-order valence-corrected chi connectivity index (χ1v) is 13.6. The number of nitrogens with zero attached hydrogens (tertiary/aromatic N) is 1. The minimum atomic E-state index is -0.612. The van der Waals surface area contributed by atoms with Gasteiger partial charge in [0.15, 0.2) is 0 Å². The molecule has 190 valence electrons. The van der Waals surface area contributed by atoms with Crippen LogP contribution < -0.4 is 5.32 Å². The van der Waals surface area contributed by atoms with Crippen LogP contribution in [0.2, 0.25) is 0 Å². The Morgan fingerprint density at radius 1 is 0.889 bits per heavy atom. The Labute approximate surface area is 220 Å². The Balaban J connectivity index is 1.88. The zero-order valence-electron chi connectivity index (χ0n) is 22.1. The van der Waals surface area contributed by atoms with E-state index in [0.29, 0.717) is 18.7 Å². The molecule has 3 aromatic rings. The molecule has 0 aliphatic heterocycles. The summed E-state index contributed by atoms with van der Waals surface area (Å²) in [5, 5.41) is 3.12. The van der Waals surface area contributed by atoms with Crippen LogP contribution in [0.4, 0.5) is 0 Å². The molecule has 0 aliphatic carbocycles. The highest BCUT2D eigenvalue weighted by atomic mass is 32.2. The van der Waals surface area contributed by atoms with Gasteiger partial charge in [-0.2, -0.15) is 0 Å². The fourth-order valence-electron chi connectivity index (χ4n) is 4.12. The SMILES string of the molecule is Cc1cccc(CN(C(=O)CSCc2ccccc2C)[C@H](Cc2ccccc2)C(=O)NC(C)(C)C)c1. The zero-order chi connectivity index (χ0) is 26.1. The molecule has 36 heavy (non-hydrogen) atoms. The largest absolute Gasteiger partial charge is 0.350 e. The van der Waals surface area contributed by atoms with Gasteiger partial charge in [0.05, 0.1) is 5.75 Å². The smallest absolute Gasteiger partial charge is 0.243 e. The van der Waals surface area contributed by atoms with Gasteiger partial charge in [-0.15, -0.1) is 11.8 Å². The van der Waals surface area contributed by atoms with Gasteiger partial charge in [-0.1, -0.05) is 84.4 Å². The van der Waals surface area contributed by atoms with Crippen LogP contribution in [-0.2, 0) is 28.3 Å². The van der Waals surface area contributed by atoms with Crippen molar-refractivity contribution in [3.8, 4) is 0 Å². The second-order valence-electron chi connectivity index (χ2n) is 10.4. The Bertz CT molecular complexity index is 1150. The van der Waals surface area contributed by atoms with Crippen molar-refractivity contribution in [2.75, 3.05) is 5.75 Å². The topological polar surface area (TPSA) is 49.4 Å². The highest BCUT2D eigenvalue weighted by Crippen LogP contribution is 2.20. The van der Waals surface area contributed by atoms with Crippen LogP contribution in [0, 0.1) is 13.8 Å². The molecule has 0 saturated heterocycles. The lowest BCUT2D eigenvalue weighted by atomic mass is 10.0. The zero-order valence-corrected chi connectivity index (χ0v) is 22.9. The monoisotopic (exact) mass is 502 g/mol. The number of amides is 2. The van der Waals surface area contributed by atoms with E-state index in [0.717, 1.165) is 22.4 Å². The molecule has 0 aromatic heterocycles. The lowest BCUT2D eigenvalue weighted by Crippen LogP contribution is -2.54. The van der Waals surface area contributed by atoms with Crippen molar-refractivity contribution in [1.29, 1.82) is 0 Å². The normalized spacial score (nSPS) is 12.1. The summed E-state index contributed by atoms with van der Waals surface area (Å²) >= 11 is 1.60. The van der Waals surface area contributed by atoms with Crippen LogP contribution in [0.25, 0.3) is 0 Å². The maximum absolute atomic E-state index is 13.7. The average Bonchev–Trinajstić information content (AvgIpc) is 2.82. The molecular weight excluding hydrogens is 464 g/mol. The standard InChI is InChI=1S/C31H38N2O2S/c1-23-12-11-16-26(18-23)20-33(29(34)22-36-21-27-17-10-9-13-24(27)2)28(30(35)32-31(3,4)5)19-25-14-7-6-8-15-25/h6-18,28H,19-22H2,1-5H3,(H,32,35)/t28-/m1/s1. The van der Waals surface area contributed by atoms with Gasteiger partial charge in [0.25, 0.3) is 0 Å². The van der Waals surface area contributed by atoms with Crippen LogP contribution in [0.3, 0.4) is 0 Å². The molecule has 0 radical (unpaired) electrons. The number of rotatable bonds is 10. The van der Waals surface area contributed by atoms with Crippen LogP contribution in [0.1, 0.15) is 48.6 Å². The van der Waals surface area contributed by atoms with Crippen molar-refractivity contribution in [2.24, 2.45) is 0 Å². The second-order valence-corrected chi connectivity index (χ2v) is 11.4. The summed E-state index contributed by atoms with van der Waals surface area (Å²) in [7, 11) is 0. The summed E-state index contributed by atoms with van der Waals surface area (Å²) in [4.78, 5) is 29.1. The number of thioether (sulfide) groups is 1. The highest BCUT2D eigenvalue weighted by Gasteiger charge is 2.32. The fourth-order valence-corrected chi connectivity index (χ4v) is 5.10. The van der Waals surface area contributed by atoms with Gasteiger partial charge in [0, 0.05) is 24.3 Å². The summed E-state index contributed by atoms with van der Waals surface area (Å²) < 4.78 is 0. The molecule has 0 saturated carbocycles. The Kier molecular flexibility index (Phi) is 9.77. The van der Waals surface area contributed by atoms with E-state index in [4.69, 9.17) is 0 Å². The van der Waals surface area contributed by atoms with Gasteiger partial charge in [0.1, 0.15) is 6.04 Å². The molecule has 0 spiro atoms. The summed E-state index contributed by atoms with van der Waals surface area (Å²) in [5.41, 5.74) is 5.24. The first-order valence-electron chi connectivity index (χ1n) is 12.5. The molecule has 5 heteroatoms. The number of benzene rings is 3. The predicted molar refractivity (Wildman–Crippen MR) is 151 cm³/mol. The molecule has 0 aliphatic rings. The van der Waals surface area contributed by atoms with E-state index >= 15 is 0 Å². The van der Waals surface area contributed by atoms with E-state index in [1.165, 1.54) is 11.1 Å². The summed E-state index contributed by atoms with van der Waals surface area (Å²) in [5.74, 6) is 0.916. The number of hydrogen-bond donors (Lipinski definition) is 1. The minimum Gasteiger partial charge on any atom is -0.350 e. The van der Waals surface area contributed by atoms with Crippen LogP contribution in [0.5, 0.6) is 0 Å².